The maximum atomic E-state index is 14.1. The number of imidazole rings is 1. The fourth-order valence-electron chi connectivity index (χ4n) is 3.11. The molecule has 0 aliphatic heterocycles. The lowest BCUT2D eigenvalue weighted by Crippen LogP contribution is -2.09. The fourth-order valence-corrected chi connectivity index (χ4v) is 3.11. The van der Waals surface area contributed by atoms with Crippen LogP contribution in [0.3, 0.4) is 0 Å². The highest BCUT2D eigenvalue weighted by Crippen LogP contribution is 2.23. The molecule has 0 fully saturated rings. The maximum absolute atomic E-state index is 14.1. The minimum Gasteiger partial charge on any atom is -0.383 e. The van der Waals surface area contributed by atoms with Crippen molar-refractivity contribution < 1.29 is 13.6 Å². The van der Waals surface area contributed by atoms with Gasteiger partial charge in [-0.15, -0.1) is 0 Å². The van der Waals surface area contributed by atoms with E-state index in [9.17, 15) is 13.6 Å². The molecule has 0 radical (unpaired) electrons. The number of anilines is 1. The summed E-state index contributed by atoms with van der Waals surface area (Å²) >= 11 is 0. The molecule has 0 bridgehead atoms. The fraction of sp³-hybridized carbons (Fsp3) is 0.0952. The number of nitrogens with two attached hydrogens (primary N) is 1. The molecule has 2 aromatic heterocycles. The number of halogens is 2. The summed E-state index contributed by atoms with van der Waals surface area (Å²) in [5.41, 5.74) is 8.42. The van der Waals surface area contributed by atoms with Gasteiger partial charge in [-0.2, -0.15) is 5.10 Å². The van der Waals surface area contributed by atoms with Gasteiger partial charge in [0, 0.05) is 24.4 Å². The molecule has 29 heavy (non-hydrogen) atoms. The molecule has 0 aliphatic carbocycles. The molecule has 2 N–H and O–H groups in total. The maximum Gasteiger partial charge on any atom is 0.198 e. The number of hydrogen-bond donors (Lipinski definition) is 1. The van der Waals surface area contributed by atoms with Crippen LogP contribution in [0.4, 0.5) is 14.6 Å². The Morgan fingerprint density at radius 2 is 2.00 bits per heavy atom. The lowest BCUT2D eigenvalue weighted by atomic mass is 10.0. The molecule has 0 saturated carbocycles. The lowest BCUT2D eigenvalue weighted by Gasteiger charge is -2.07. The van der Waals surface area contributed by atoms with Crippen molar-refractivity contribution in [3.05, 3.63) is 95.2 Å². The summed E-state index contributed by atoms with van der Waals surface area (Å²) in [7, 11) is 0. The van der Waals surface area contributed by atoms with Gasteiger partial charge < -0.3 is 10.3 Å². The van der Waals surface area contributed by atoms with E-state index < -0.39 is 11.6 Å². The van der Waals surface area contributed by atoms with Crippen LogP contribution in [0.15, 0.2) is 61.2 Å². The Balaban J connectivity index is 1.63. The van der Waals surface area contributed by atoms with Gasteiger partial charge in [0.05, 0.1) is 23.8 Å². The van der Waals surface area contributed by atoms with Crippen molar-refractivity contribution in [2.75, 3.05) is 5.73 Å². The van der Waals surface area contributed by atoms with Crippen LogP contribution >= 0.6 is 0 Å². The van der Waals surface area contributed by atoms with E-state index in [0.717, 1.165) is 28.1 Å². The van der Waals surface area contributed by atoms with Crippen LogP contribution in [-0.4, -0.2) is 25.1 Å². The molecule has 2 heterocycles. The molecule has 0 saturated heterocycles. The Bertz CT molecular complexity index is 1210. The molecule has 0 spiro atoms. The standard InChI is InChI=1S/C21H17F2N5O/c1-13-10-27(12-25-13)11-14-3-2-4-15(7-14)20(29)17-9-26-28(21(17)24)19-6-5-16(22)8-18(19)23/h2-10,12H,11,24H2,1H3. The smallest absolute Gasteiger partial charge is 0.198 e. The number of aromatic nitrogens is 4. The van der Waals surface area contributed by atoms with Gasteiger partial charge in [-0.3, -0.25) is 4.79 Å². The van der Waals surface area contributed by atoms with E-state index in [0.29, 0.717) is 12.1 Å². The third-order valence-corrected chi connectivity index (χ3v) is 4.51. The minimum absolute atomic E-state index is 0.0175. The van der Waals surface area contributed by atoms with Crippen molar-refractivity contribution in [3.8, 4) is 5.69 Å². The van der Waals surface area contributed by atoms with Gasteiger partial charge in [0.2, 0.25) is 0 Å². The number of nitrogen functional groups attached to an aromatic ring is 1. The minimum atomic E-state index is -0.823. The van der Waals surface area contributed by atoms with Gasteiger partial charge in [0.25, 0.3) is 0 Å². The molecular weight excluding hydrogens is 376 g/mol. The number of carbonyl (C=O) groups is 1. The zero-order valence-corrected chi connectivity index (χ0v) is 15.5. The van der Waals surface area contributed by atoms with Gasteiger partial charge in [-0.05, 0) is 30.7 Å². The van der Waals surface area contributed by atoms with Gasteiger partial charge >= 0.3 is 0 Å². The van der Waals surface area contributed by atoms with Crippen molar-refractivity contribution in [3.63, 3.8) is 0 Å². The summed E-state index contributed by atoms with van der Waals surface area (Å²) in [6, 6.07) is 10.2. The van der Waals surface area contributed by atoms with E-state index in [1.165, 1.54) is 12.3 Å². The highest BCUT2D eigenvalue weighted by molar-refractivity contribution is 6.11. The predicted octanol–water partition coefficient (Wildman–Crippen LogP) is 3.52. The molecule has 6 nitrogen and oxygen atoms in total. The van der Waals surface area contributed by atoms with E-state index >= 15 is 0 Å². The summed E-state index contributed by atoms with van der Waals surface area (Å²) in [5.74, 6) is -1.88. The normalized spacial score (nSPS) is 11.0. The van der Waals surface area contributed by atoms with Crippen LogP contribution < -0.4 is 5.73 Å². The molecule has 4 rings (SSSR count). The lowest BCUT2D eigenvalue weighted by molar-refractivity contribution is 0.103. The van der Waals surface area contributed by atoms with Crippen molar-refractivity contribution in [2.24, 2.45) is 0 Å². The van der Waals surface area contributed by atoms with E-state index in [2.05, 4.69) is 10.1 Å². The van der Waals surface area contributed by atoms with Crippen LogP contribution in [0, 0.1) is 18.6 Å². The van der Waals surface area contributed by atoms with Gasteiger partial charge in [0.15, 0.2) is 11.6 Å². The van der Waals surface area contributed by atoms with Crippen molar-refractivity contribution >= 4 is 11.6 Å². The molecule has 8 heteroatoms. The predicted molar refractivity (Wildman–Crippen MR) is 104 cm³/mol. The second-order valence-corrected chi connectivity index (χ2v) is 6.67. The molecule has 2 aromatic carbocycles. The van der Waals surface area contributed by atoms with Crippen LogP contribution in [0.25, 0.3) is 5.69 Å². The monoisotopic (exact) mass is 393 g/mol. The number of carbonyl (C=O) groups excluding carboxylic acids is 1. The molecule has 0 atom stereocenters. The molecule has 0 unspecified atom stereocenters. The first kappa shape index (κ1) is 18.5. The van der Waals surface area contributed by atoms with Crippen LogP contribution in [-0.2, 0) is 6.54 Å². The van der Waals surface area contributed by atoms with Crippen molar-refractivity contribution in [1.82, 2.24) is 19.3 Å². The Labute approximate surface area is 165 Å². The van der Waals surface area contributed by atoms with Crippen LogP contribution in [0.1, 0.15) is 27.2 Å². The Morgan fingerprint density at radius 3 is 2.72 bits per heavy atom. The number of nitrogens with zero attached hydrogens (tertiary/aromatic N) is 4. The first-order valence-electron chi connectivity index (χ1n) is 8.83. The number of aryl methyl sites for hydroxylation is 1. The first-order valence-corrected chi connectivity index (χ1v) is 8.83. The molecule has 0 amide bonds. The summed E-state index contributed by atoms with van der Waals surface area (Å²) in [5, 5.41) is 4.01. The summed E-state index contributed by atoms with van der Waals surface area (Å²) < 4.78 is 30.2. The van der Waals surface area contributed by atoms with Crippen LogP contribution in [0.2, 0.25) is 0 Å². The zero-order chi connectivity index (χ0) is 20.5. The SMILES string of the molecule is Cc1cn(Cc2cccc(C(=O)c3cnn(-c4ccc(F)cc4F)c3N)c2)cn1. The van der Waals surface area contributed by atoms with Crippen molar-refractivity contribution in [2.45, 2.75) is 13.5 Å². The number of rotatable bonds is 5. The second-order valence-electron chi connectivity index (χ2n) is 6.67. The van der Waals surface area contributed by atoms with Crippen LogP contribution in [0.5, 0.6) is 0 Å². The largest absolute Gasteiger partial charge is 0.383 e. The first-order chi connectivity index (χ1) is 13.9. The summed E-state index contributed by atoms with van der Waals surface area (Å²) in [4.78, 5) is 17.1. The van der Waals surface area contributed by atoms with E-state index in [1.807, 2.05) is 23.8 Å². The highest BCUT2D eigenvalue weighted by Gasteiger charge is 2.19. The van der Waals surface area contributed by atoms with Gasteiger partial charge in [0.1, 0.15) is 17.3 Å². The van der Waals surface area contributed by atoms with E-state index in [1.54, 1.807) is 24.5 Å². The van der Waals surface area contributed by atoms with E-state index in [4.69, 9.17) is 5.73 Å². The third-order valence-electron chi connectivity index (χ3n) is 4.51. The quantitative estimate of drug-likeness (QED) is 0.526. The van der Waals surface area contributed by atoms with Crippen molar-refractivity contribution in [1.29, 1.82) is 0 Å². The average Bonchev–Trinajstić information content (AvgIpc) is 3.27. The Kier molecular flexibility index (Phi) is 4.67. The molecule has 0 aliphatic rings. The highest BCUT2D eigenvalue weighted by atomic mass is 19.1. The second kappa shape index (κ2) is 7.31. The molecule has 4 aromatic rings. The number of benzene rings is 2. The summed E-state index contributed by atoms with van der Waals surface area (Å²) in [6.45, 7) is 2.47. The number of hydrogen-bond acceptors (Lipinski definition) is 4. The number of ketones is 1. The Hall–Kier alpha value is -3.81. The third kappa shape index (κ3) is 3.64. The molecular formula is C21H17F2N5O. The zero-order valence-electron chi connectivity index (χ0n) is 15.5. The van der Waals surface area contributed by atoms with Gasteiger partial charge in [-0.25, -0.2) is 18.4 Å². The van der Waals surface area contributed by atoms with E-state index in [-0.39, 0.29) is 22.9 Å². The average molecular weight is 393 g/mol. The Morgan fingerprint density at radius 1 is 1.17 bits per heavy atom. The summed E-state index contributed by atoms with van der Waals surface area (Å²) in [6.07, 6.45) is 4.92. The topological polar surface area (TPSA) is 78.7 Å². The molecule has 146 valence electrons. The van der Waals surface area contributed by atoms with Gasteiger partial charge in [-0.1, -0.05) is 18.2 Å².